The molecule has 2 aliphatic heterocycles. The zero-order chi connectivity index (χ0) is 18.6. The summed E-state index contributed by atoms with van der Waals surface area (Å²) in [6.07, 6.45) is 0. The Morgan fingerprint density at radius 2 is 1.36 bits per heavy atom. The maximum absolute atomic E-state index is 5.47. The first kappa shape index (κ1) is 20.6. The van der Waals surface area contributed by atoms with Gasteiger partial charge in [0.25, 0.3) is 0 Å². The van der Waals surface area contributed by atoms with Gasteiger partial charge in [0.2, 0.25) is 17.8 Å². The highest BCUT2D eigenvalue weighted by molar-refractivity contribution is 5.85. The van der Waals surface area contributed by atoms with Crippen LogP contribution in [0.2, 0.25) is 0 Å². The molecule has 28 heavy (non-hydrogen) atoms. The summed E-state index contributed by atoms with van der Waals surface area (Å²) < 4.78 is 10.9. The highest BCUT2D eigenvalue weighted by Gasteiger charge is 2.21. The van der Waals surface area contributed by atoms with Crippen LogP contribution in [-0.2, 0) is 9.47 Å². The van der Waals surface area contributed by atoms with E-state index in [0.29, 0.717) is 44.3 Å². The van der Waals surface area contributed by atoms with Crippen molar-refractivity contribution in [3.63, 3.8) is 0 Å². The van der Waals surface area contributed by atoms with Crippen molar-refractivity contribution in [3.8, 4) is 0 Å². The minimum atomic E-state index is 0. The fraction of sp³-hybridized carbons (Fsp3) is 0.526. The van der Waals surface area contributed by atoms with Gasteiger partial charge in [0.05, 0.1) is 26.4 Å². The number of ether oxygens (including phenoxy) is 2. The van der Waals surface area contributed by atoms with Crippen LogP contribution >= 0.6 is 12.4 Å². The van der Waals surface area contributed by atoms with Gasteiger partial charge in [-0.1, -0.05) is 12.1 Å². The average molecular weight is 407 g/mol. The summed E-state index contributed by atoms with van der Waals surface area (Å²) in [7, 11) is 0. The molecule has 0 spiro atoms. The Balaban J connectivity index is 0.00000225. The summed E-state index contributed by atoms with van der Waals surface area (Å²) in [4.78, 5) is 18.4. The Morgan fingerprint density at radius 1 is 0.821 bits per heavy atom. The monoisotopic (exact) mass is 406 g/mol. The maximum atomic E-state index is 5.47. The lowest BCUT2D eigenvalue weighted by molar-refractivity contribution is 0.121. The molecule has 0 amide bonds. The number of aromatic nitrogens is 3. The molecular formula is C19H27ClN6O2. The van der Waals surface area contributed by atoms with Crippen LogP contribution in [0, 0.1) is 13.8 Å². The lowest BCUT2D eigenvalue weighted by Gasteiger charge is -2.30. The number of hydrogen-bond acceptors (Lipinski definition) is 8. The van der Waals surface area contributed by atoms with Crippen molar-refractivity contribution in [2.24, 2.45) is 0 Å². The molecule has 0 radical (unpaired) electrons. The van der Waals surface area contributed by atoms with Crippen molar-refractivity contribution in [2.45, 2.75) is 13.8 Å². The average Bonchev–Trinajstić information content (AvgIpc) is 2.72. The molecule has 0 saturated carbocycles. The van der Waals surface area contributed by atoms with Crippen LogP contribution < -0.4 is 15.1 Å². The fourth-order valence-electron chi connectivity index (χ4n) is 3.23. The van der Waals surface area contributed by atoms with E-state index in [-0.39, 0.29) is 12.4 Å². The smallest absolute Gasteiger partial charge is 0.233 e. The van der Waals surface area contributed by atoms with Crippen molar-refractivity contribution >= 4 is 35.9 Å². The predicted molar refractivity (Wildman–Crippen MR) is 112 cm³/mol. The van der Waals surface area contributed by atoms with E-state index in [1.54, 1.807) is 0 Å². The zero-order valence-corrected chi connectivity index (χ0v) is 17.2. The number of aryl methyl sites for hydroxylation is 1. The number of nitrogens with zero attached hydrogens (tertiary/aromatic N) is 5. The van der Waals surface area contributed by atoms with Crippen LogP contribution in [0.15, 0.2) is 18.2 Å². The highest BCUT2D eigenvalue weighted by atomic mass is 35.5. The molecule has 1 aromatic heterocycles. The van der Waals surface area contributed by atoms with E-state index in [2.05, 4.69) is 41.1 Å². The van der Waals surface area contributed by atoms with Gasteiger partial charge in [0, 0.05) is 31.9 Å². The van der Waals surface area contributed by atoms with Crippen LogP contribution in [0.4, 0.5) is 23.5 Å². The molecule has 8 nitrogen and oxygen atoms in total. The van der Waals surface area contributed by atoms with Gasteiger partial charge in [-0.05, 0) is 31.0 Å². The summed E-state index contributed by atoms with van der Waals surface area (Å²) in [5, 5.41) is 3.39. The molecule has 2 fully saturated rings. The highest BCUT2D eigenvalue weighted by Crippen LogP contribution is 2.24. The third-order valence-corrected chi connectivity index (χ3v) is 5.05. The molecule has 0 unspecified atom stereocenters. The topological polar surface area (TPSA) is 75.6 Å². The summed E-state index contributed by atoms with van der Waals surface area (Å²) in [5.74, 6) is 1.96. The Morgan fingerprint density at radius 3 is 1.89 bits per heavy atom. The van der Waals surface area contributed by atoms with Crippen LogP contribution in [0.25, 0.3) is 0 Å². The number of halogens is 1. The van der Waals surface area contributed by atoms with E-state index in [9.17, 15) is 0 Å². The van der Waals surface area contributed by atoms with Gasteiger partial charge < -0.3 is 24.6 Å². The predicted octanol–water partition coefficient (Wildman–Crippen LogP) is 2.33. The SMILES string of the molecule is Cc1cccc(Nc2nc(N3CCOCC3)nc(N3CCOCC3)n2)c1C.Cl. The van der Waals surface area contributed by atoms with Crippen molar-refractivity contribution in [1.82, 2.24) is 15.0 Å². The third kappa shape index (κ3) is 4.63. The third-order valence-electron chi connectivity index (χ3n) is 5.05. The fourth-order valence-corrected chi connectivity index (χ4v) is 3.23. The molecular weight excluding hydrogens is 380 g/mol. The van der Waals surface area contributed by atoms with E-state index in [4.69, 9.17) is 24.4 Å². The Hall–Kier alpha value is -2.16. The quantitative estimate of drug-likeness (QED) is 0.829. The van der Waals surface area contributed by atoms with E-state index in [1.807, 2.05) is 6.07 Å². The second-order valence-electron chi connectivity index (χ2n) is 6.83. The van der Waals surface area contributed by atoms with Crippen LogP contribution in [0.1, 0.15) is 11.1 Å². The number of nitrogens with one attached hydrogen (secondary N) is 1. The second-order valence-corrected chi connectivity index (χ2v) is 6.83. The summed E-state index contributed by atoms with van der Waals surface area (Å²) >= 11 is 0. The molecule has 2 aliphatic rings. The molecule has 0 aliphatic carbocycles. The molecule has 1 aromatic carbocycles. The Labute approximate surface area is 171 Å². The summed E-state index contributed by atoms with van der Waals surface area (Å²) in [5.41, 5.74) is 3.44. The number of rotatable bonds is 4. The lowest BCUT2D eigenvalue weighted by atomic mass is 10.1. The van der Waals surface area contributed by atoms with Crippen LogP contribution in [-0.4, -0.2) is 67.6 Å². The van der Waals surface area contributed by atoms with Crippen molar-refractivity contribution in [1.29, 1.82) is 0 Å². The molecule has 4 rings (SSSR count). The van der Waals surface area contributed by atoms with E-state index < -0.39 is 0 Å². The van der Waals surface area contributed by atoms with Crippen molar-refractivity contribution in [3.05, 3.63) is 29.3 Å². The standard InChI is InChI=1S/C19H26N6O2.ClH/c1-14-4-3-5-16(15(14)2)20-17-21-18(24-6-10-26-11-7-24)23-19(22-17)25-8-12-27-13-9-25;/h3-5H,6-13H2,1-2H3,(H,20,21,22,23);1H. The van der Waals surface area contributed by atoms with E-state index in [0.717, 1.165) is 31.9 Å². The number of benzene rings is 1. The second kappa shape index (κ2) is 9.36. The molecule has 9 heteroatoms. The van der Waals surface area contributed by atoms with Crippen LogP contribution in [0.5, 0.6) is 0 Å². The van der Waals surface area contributed by atoms with Gasteiger partial charge in [-0.3, -0.25) is 0 Å². The number of anilines is 4. The minimum Gasteiger partial charge on any atom is -0.378 e. The first-order valence-corrected chi connectivity index (χ1v) is 9.45. The van der Waals surface area contributed by atoms with Gasteiger partial charge in [0.1, 0.15) is 0 Å². The molecule has 3 heterocycles. The van der Waals surface area contributed by atoms with E-state index >= 15 is 0 Å². The lowest BCUT2D eigenvalue weighted by Crippen LogP contribution is -2.40. The number of morpholine rings is 2. The molecule has 152 valence electrons. The van der Waals surface area contributed by atoms with Gasteiger partial charge in [-0.15, -0.1) is 12.4 Å². The first-order chi connectivity index (χ1) is 13.2. The van der Waals surface area contributed by atoms with Crippen molar-refractivity contribution in [2.75, 3.05) is 67.7 Å². The Kier molecular flexibility index (Phi) is 6.88. The first-order valence-electron chi connectivity index (χ1n) is 9.45. The maximum Gasteiger partial charge on any atom is 0.233 e. The van der Waals surface area contributed by atoms with Crippen LogP contribution in [0.3, 0.4) is 0 Å². The normalized spacial score (nSPS) is 17.2. The Bertz CT molecular complexity index is 758. The van der Waals surface area contributed by atoms with Gasteiger partial charge in [-0.25, -0.2) is 0 Å². The van der Waals surface area contributed by atoms with E-state index in [1.165, 1.54) is 11.1 Å². The van der Waals surface area contributed by atoms with Gasteiger partial charge in [0.15, 0.2) is 0 Å². The number of hydrogen-bond donors (Lipinski definition) is 1. The molecule has 2 saturated heterocycles. The molecule has 2 aromatic rings. The largest absolute Gasteiger partial charge is 0.378 e. The summed E-state index contributed by atoms with van der Waals surface area (Å²) in [6.45, 7) is 10.1. The molecule has 0 bridgehead atoms. The van der Waals surface area contributed by atoms with Gasteiger partial charge in [-0.2, -0.15) is 15.0 Å². The summed E-state index contributed by atoms with van der Waals surface area (Å²) in [6, 6.07) is 6.19. The minimum absolute atomic E-state index is 0. The molecule has 0 atom stereocenters. The molecule has 1 N–H and O–H groups in total. The van der Waals surface area contributed by atoms with Gasteiger partial charge >= 0.3 is 0 Å². The zero-order valence-electron chi connectivity index (χ0n) is 16.3. The van der Waals surface area contributed by atoms with Crippen molar-refractivity contribution < 1.29 is 9.47 Å².